The average Bonchev–Trinajstić information content (AvgIpc) is 3.16. The highest BCUT2D eigenvalue weighted by molar-refractivity contribution is 5.87. The lowest BCUT2D eigenvalue weighted by Crippen LogP contribution is -2.52. The van der Waals surface area contributed by atoms with Crippen LogP contribution in [-0.2, 0) is 64.6 Å². The zero-order valence-electron chi connectivity index (χ0n) is 27.5. The summed E-state index contributed by atoms with van der Waals surface area (Å²) >= 11 is 0. The monoisotopic (exact) mass is 680 g/mol. The zero-order chi connectivity index (χ0) is 35.4. The van der Waals surface area contributed by atoms with Crippen LogP contribution < -0.4 is 10.6 Å². The lowest BCUT2D eigenvalue weighted by atomic mass is 10.1. The summed E-state index contributed by atoms with van der Waals surface area (Å²) in [6.07, 6.45) is -0.671. The Morgan fingerprint density at radius 1 is 0.420 bits per heavy atom. The van der Waals surface area contributed by atoms with Gasteiger partial charge in [0.1, 0.15) is 38.5 Å². The van der Waals surface area contributed by atoms with E-state index in [1.165, 1.54) is 0 Å². The number of hydrogen-bond donors (Lipinski definition) is 2. The lowest BCUT2D eigenvalue weighted by Gasteiger charge is -2.21. The fourth-order valence-electron chi connectivity index (χ4n) is 4.66. The highest BCUT2D eigenvalue weighted by atomic mass is 16.5. The van der Waals surface area contributed by atoms with E-state index in [1.807, 2.05) is 72.8 Å². The second kappa shape index (κ2) is 20.4. The predicted molar refractivity (Wildman–Crippen MR) is 183 cm³/mol. The Balaban J connectivity index is 1.38. The number of ether oxygens (including phenoxy) is 4. The molecule has 0 heterocycles. The van der Waals surface area contributed by atoms with Crippen molar-refractivity contribution in [2.24, 2.45) is 0 Å². The van der Waals surface area contributed by atoms with Gasteiger partial charge in [-0.3, -0.25) is 9.59 Å². The van der Waals surface area contributed by atoms with Crippen LogP contribution in [0.5, 0.6) is 0 Å². The molecule has 0 spiro atoms. The largest absolute Gasteiger partial charge is 0.461 e. The molecule has 2 amide bonds. The number of esters is 4. The molecule has 0 bridgehead atoms. The molecule has 4 rings (SSSR count). The molecule has 0 saturated carbocycles. The van der Waals surface area contributed by atoms with Gasteiger partial charge in [0.2, 0.25) is 0 Å². The van der Waals surface area contributed by atoms with Crippen molar-refractivity contribution < 1.29 is 42.9 Å². The van der Waals surface area contributed by atoms with Crippen LogP contribution in [0.15, 0.2) is 121 Å². The van der Waals surface area contributed by atoms with E-state index in [1.54, 1.807) is 48.5 Å². The third kappa shape index (κ3) is 13.6. The van der Waals surface area contributed by atoms with E-state index in [9.17, 15) is 24.0 Å². The molecule has 260 valence electrons. The minimum atomic E-state index is -1.26. The highest BCUT2D eigenvalue weighted by Gasteiger charge is 2.28. The number of carbonyl (C=O) groups excluding carboxylic acids is 5. The van der Waals surface area contributed by atoms with Crippen molar-refractivity contribution in [1.82, 2.24) is 10.6 Å². The van der Waals surface area contributed by atoms with Gasteiger partial charge in [-0.1, -0.05) is 121 Å². The van der Waals surface area contributed by atoms with Crippen molar-refractivity contribution in [1.29, 1.82) is 0 Å². The number of amides is 2. The maximum absolute atomic E-state index is 13.3. The van der Waals surface area contributed by atoms with E-state index >= 15 is 0 Å². The van der Waals surface area contributed by atoms with Gasteiger partial charge in [0, 0.05) is 12.8 Å². The van der Waals surface area contributed by atoms with Crippen LogP contribution >= 0.6 is 0 Å². The van der Waals surface area contributed by atoms with Crippen molar-refractivity contribution in [3.05, 3.63) is 144 Å². The molecule has 0 aliphatic carbocycles. The Morgan fingerprint density at radius 2 is 0.700 bits per heavy atom. The molecule has 0 saturated heterocycles. The summed E-state index contributed by atoms with van der Waals surface area (Å²) in [4.78, 5) is 64.7. The smallest absolute Gasteiger partial charge is 0.329 e. The number of nitrogens with one attached hydrogen (secondary N) is 2. The summed E-state index contributed by atoms with van der Waals surface area (Å²) in [6.45, 7) is -0.0105. The minimum absolute atomic E-state index is 0.0528. The summed E-state index contributed by atoms with van der Waals surface area (Å²) in [5.41, 5.74) is 3.05. The molecule has 11 nitrogen and oxygen atoms in total. The standard InChI is InChI=1S/C39H40N2O9/c42-35(47-25-29-13-5-1-6-14-29)23-21-33(37(44)49-27-31-17-9-3-10-18-31)40-39(46)41-34(38(45)50-28-32-19-11-4-12-20-32)22-24-36(43)48-26-30-15-7-2-8-16-30/h1-20,33-34H,21-28H2,(H2,40,41,46)/t33-,34-/m1/s1. The van der Waals surface area contributed by atoms with Gasteiger partial charge < -0.3 is 29.6 Å². The number of rotatable bonds is 18. The predicted octanol–water partition coefficient (Wildman–Crippen LogP) is 5.56. The van der Waals surface area contributed by atoms with Crippen molar-refractivity contribution in [3.63, 3.8) is 0 Å². The van der Waals surface area contributed by atoms with E-state index in [0.717, 1.165) is 22.3 Å². The van der Waals surface area contributed by atoms with Crippen LogP contribution in [0, 0.1) is 0 Å². The molecule has 0 aromatic heterocycles. The Bertz CT molecular complexity index is 1530. The number of carbonyl (C=O) groups is 5. The molecule has 50 heavy (non-hydrogen) atoms. The Labute approximate surface area is 290 Å². The van der Waals surface area contributed by atoms with Crippen LogP contribution in [0.2, 0.25) is 0 Å². The van der Waals surface area contributed by atoms with E-state index in [2.05, 4.69) is 10.6 Å². The van der Waals surface area contributed by atoms with E-state index in [-0.39, 0.29) is 52.1 Å². The number of hydrogen-bond acceptors (Lipinski definition) is 9. The van der Waals surface area contributed by atoms with E-state index < -0.39 is 42.0 Å². The molecule has 0 aliphatic heterocycles. The Hall–Kier alpha value is -5.97. The normalized spacial score (nSPS) is 11.7. The summed E-state index contributed by atoms with van der Waals surface area (Å²) < 4.78 is 21.6. The topological polar surface area (TPSA) is 146 Å². The maximum atomic E-state index is 13.3. The third-order valence-corrected chi connectivity index (χ3v) is 7.39. The molecule has 0 aliphatic rings. The SMILES string of the molecule is O=C(N[C@H](CCC(=O)OCc1ccccc1)C(=O)OCc1ccccc1)N[C@H](CCC(=O)OCc1ccccc1)C(=O)OCc1ccccc1. The van der Waals surface area contributed by atoms with Crippen molar-refractivity contribution in [3.8, 4) is 0 Å². The fraction of sp³-hybridized carbons (Fsp3) is 0.256. The minimum Gasteiger partial charge on any atom is -0.461 e. The van der Waals surface area contributed by atoms with Crippen LogP contribution in [0.4, 0.5) is 4.79 Å². The van der Waals surface area contributed by atoms with Crippen LogP contribution in [-0.4, -0.2) is 42.0 Å². The van der Waals surface area contributed by atoms with Crippen LogP contribution in [0.1, 0.15) is 47.9 Å². The molecule has 2 N–H and O–H groups in total. The van der Waals surface area contributed by atoms with Gasteiger partial charge in [0.25, 0.3) is 0 Å². The van der Waals surface area contributed by atoms with E-state index in [4.69, 9.17) is 18.9 Å². The van der Waals surface area contributed by atoms with Gasteiger partial charge in [-0.15, -0.1) is 0 Å². The number of urea groups is 1. The van der Waals surface area contributed by atoms with Gasteiger partial charge in [0.05, 0.1) is 0 Å². The van der Waals surface area contributed by atoms with Crippen LogP contribution in [0.25, 0.3) is 0 Å². The molecule has 0 unspecified atom stereocenters. The van der Waals surface area contributed by atoms with Crippen molar-refractivity contribution in [2.45, 2.75) is 64.2 Å². The first-order valence-corrected chi connectivity index (χ1v) is 16.2. The fourth-order valence-corrected chi connectivity index (χ4v) is 4.66. The molecule has 4 aromatic carbocycles. The maximum Gasteiger partial charge on any atom is 0.329 e. The zero-order valence-corrected chi connectivity index (χ0v) is 27.5. The molecule has 0 radical (unpaired) electrons. The van der Waals surface area contributed by atoms with Crippen LogP contribution in [0.3, 0.4) is 0 Å². The third-order valence-electron chi connectivity index (χ3n) is 7.39. The highest BCUT2D eigenvalue weighted by Crippen LogP contribution is 2.11. The van der Waals surface area contributed by atoms with Gasteiger partial charge in [-0.2, -0.15) is 0 Å². The van der Waals surface area contributed by atoms with Gasteiger partial charge in [-0.25, -0.2) is 14.4 Å². The van der Waals surface area contributed by atoms with Crippen molar-refractivity contribution in [2.75, 3.05) is 0 Å². The molecular weight excluding hydrogens is 640 g/mol. The summed E-state index contributed by atoms with van der Waals surface area (Å²) in [6, 6.07) is 32.7. The molecular formula is C39H40N2O9. The molecule has 0 fully saturated rings. The first-order valence-electron chi connectivity index (χ1n) is 16.2. The van der Waals surface area contributed by atoms with Gasteiger partial charge >= 0.3 is 29.9 Å². The quantitative estimate of drug-likeness (QED) is 0.102. The summed E-state index contributed by atoms with van der Waals surface area (Å²) in [7, 11) is 0. The Kier molecular flexibility index (Phi) is 15.0. The van der Waals surface area contributed by atoms with Gasteiger partial charge in [0.15, 0.2) is 0 Å². The second-order valence-corrected chi connectivity index (χ2v) is 11.3. The summed E-state index contributed by atoms with van der Waals surface area (Å²) in [5.74, 6) is -2.72. The second-order valence-electron chi connectivity index (χ2n) is 11.3. The molecule has 4 aromatic rings. The Morgan fingerprint density at radius 3 is 1.00 bits per heavy atom. The first kappa shape index (κ1) is 36.9. The van der Waals surface area contributed by atoms with Gasteiger partial charge in [-0.05, 0) is 35.1 Å². The van der Waals surface area contributed by atoms with E-state index in [0.29, 0.717) is 0 Å². The summed E-state index contributed by atoms with van der Waals surface area (Å²) in [5, 5.41) is 5.04. The number of benzene rings is 4. The average molecular weight is 681 g/mol. The molecule has 2 atom stereocenters. The lowest BCUT2D eigenvalue weighted by molar-refractivity contribution is -0.150. The first-order chi connectivity index (χ1) is 24.4. The van der Waals surface area contributed by atoms with Crippen molar-refractivity contribution >= 4 is 29.9 Å². The molecule has 11 heteroatoms.